The van der Waals surface area contributed by atoms with Crippen molar-refractivity contribution < 1.29 is 9.13 Å². The molecular formula is C17H17BrFNO. The topological polar surface area (TPSA) is 21.3 Å². The van der Waals surface area contributed by atoms with Gasteiger partial charge in [0.15, 0.2) is 0 Å². The van der Waals surface area contributed by atoms with Gasteiger partial charge in [-0.15, -0.1) is 0 Å². The minimum atomic E-state index is -0.229. The first-order valence-electron chi connectivity index (χ1n) is 7.06. The summed E-state index contributed by atoms with van der Waals surface area (Å²) in [6.45, 7) is 2.83. The second kappa shape index (κ2) is 6.16. The van der Waals surface area contributed by atoms with E-state index in [0.717, 1.165) is 28.8 Å². The van der Waals surface area contributed by atoms with Gasteiger partial charge in [0, 0.05) is 23.5 Å². The van der Waals surface area contributed by atoms with Crippen LogP contribution in [0.4, 0.5) is 4.39 Å². The summed E-state index contributed by atoms with van der Waals surface area (Å²) in [5, 5.41) is 3.46. The van der Waals surface area contributed by atoms with Gasteiger partial charge in [0.1, 0.15) is 17.7 Å². The summed E-state index contributed by atoms with van der Waals surface area (Å²) in [6, 6.07) is 13.1. The van der Waals surface area contributed by atoms with Gasteiger partial charge < -0.3 is 10.1 Å². The highest BCUT2D eigenvalue weighted by Crippen LogP contribution is 2.29. The van der Waals surface area contributed by atoms with Crippen LogP contribution in [-0.4, -0.2) is 12.6 Å². The molecule has 1 aliphatic heterocycles. The van der Waals surface area contributed by atoms with Gasteiger partial charge >= 0.3 is 0 Å². The van der Waals surface area contributed by atoms with E-state index < -0.39 is 0 Å². The van der Waals surface area contributed by atoms with E-state index in [4.69, 9.17) is 4.74 Å². The van der Waals surface area contributed by atoms with Crippen LogP contribution in [0.25, 0.3) is 0 Å². The summed E-state index contributed by atoms with van der Waals surface area (Å²) in [4.78, 5) is 0. The second-order valence-corrected chi connectivity index (χ2v) is 6.20. The molecule has 1 heterocycles. The van der Waals surface area contributed by atoms with Crippen LogP contribution < -0.4 is 10.1 Å². The quantitative estimate of drug-likeness (QED) is 0.891. The maximum Gasteiger partial charge on any atom is 0.124 e. The third kappa shape index (κ3) is 3.27. The molecule has 1 aliphatic rings. The molecule has 0 fully saturated rings. The van der Waals surface area contributed by atoms with E-state index in [1.54, 1.807) is 6.07 Å². The number of hydrogen-bond donors (Lipinski definition) is 1. The van der Waals surface area contributed by atoms with Crippen LogP contribution in [0.3, 0.4) is 0 Å². The van der Waals surface area contributed by atoms with Gasteiger partial charge in [-0.3, -0.25) is 0 Å². The smallest absolute Gasteiger partial charge is 0.124 e. The second-order valence-electron chi connectivity index (χ2n) is 5.35. The average Bonchev–Trinajstić information content (AvgIpc) is 2.87. The van der Waals surface area contributed by atoms with Crippen molar-refractivity contribution in [2.75, 3.05) is 6.54 Å². The number of nitrogens with one attached hydrogen (secondary N) is 1. The molecular weight excluding hydrogens is 333 g/mol. The number of halogens is 2. The van der Waals surface area contributed by atoms with Gasteiger partial charge in [-0.2, -0.15) is 0 Å². The predicted octanol–water partition coefficient (Wildman–Crippen LogP) is 4.24. The van der Waals surface area contributed by atoms with E-state index in [1.165, 1.54) is 17.7 Å². The molecule has 2 aromatic carbocycles. The fraction of sp³-hybridized carbons (Fsp3) is 0.294. The molecule has 3 rings (SSSR count). The molecule has 0 spiro atoms. The van der Waals surface area contributed by atoms with Crippen LogP contribution in [0.2, 0.25) is 0 Å². The summed E-state index contributed by atoms with van der Waals surface area (Å²) in [5.41, 5.74) is 2.31. The van der Waals surface area contributed by atoms with E-state index in [2.05, 4.69) is 34.2 Å². The lowest BCUT2D eigenvalue weighted by molar-refractivity contribution is 0.222. The van der Waals surface area contributed by atoms with E-state index >= 15 is 0 Å². The highest BCUT2D eigenvalue weighted by Gasteiger charge is 2.22. The Labute approximate surface area is 132 Å². The minimum absolute atomic E-state index is 0.132. The monoisotopic (exact) mass is 349 g/mol. The molecule has 0 saturated heterocycles. The van der Waals surface area contributed by atoms with Crippen molar-refractivity contribution in [1.82, 2.24) is 5.32 Å². The number of rotatable bonds is 4. The number of hydrogen-bond acceptors (Lipinski definition) is 2. The Balaban J connectivity index is 1.59. The third-order valence-corrected chi connectivity index (χ3v) is 4.48. The summed E-state index contributed by atoms with van der Waals surface area (Å²) < 4.78 is 19.8. The van der Waals surface area contributed by atoms with Crippen LogP contribution in [0.5, 0.6) is 5.75 Å². The van der Waals surface area contributed by atoms with Crippen LogP contribution in [0.1, 0.15) is 24.1 Å². The Morgan fingerprint density at radius 1 is 1.33 bits per heavy atom. The van der Waals surface area contributed by atoms with Crippen LogP contribution in [0, 0.1) is 5.82 Å². The predicted molar refractivity (Wildman–Crippen MR) is 85.1 cm³/mol. The van der Waals surface area contributed by atoms with Crippen molar-refractivity contribution in [3.63, 3.8) is 0 Å². The lowest BCUT2D eigenvalue weighted by atomic mass is 10.1. The standard InChI is InChI=1S/C17H17BrFNO/c1-11(15-7-6-13(19)9-16(15)18)20-10-14-8-12-4-2-3-5-17(12)21-14/h2-7,9,11,14,20H,8,10H2,1H3. The first kappa shape index (κ1) is 14.5. The molecule has 110 valence electrons. The highest BCUT2D eigenvalue weighted by atomic mass is 79.9. The molecule has 0 amide bonds. The van der Waals surface area contributed by atoms with Gasteiger partial charge in [-0.05, 0) is 36.2 Å². The largest absolute Gasteiger partial charge is 0.488 e. The van der Waals surface area contributed by atoms with Crippen molar-refractivity contribution in [3.05, 3.63) is 63.9 Å². The van der Waals surface area contributed by atoms with Crippen molar-refractivity contribution in [3.8, 4) is 5.75 Å². The Morgan fingerprint density at radius 2 is 2.14 bits per heavy atom. The molecule has 0 bridgehead atoms. The van der Waals surface area contributed by atoms with Crippen LogP contribution >= 0.6 is 15.9 Å². The number of fused-ring (bicyclic) bond motifs is 1. The zero-order chi connectivity index (χ0) is 14.8. The average molecular weight is 350 g/mol. The molecule has 0 aliphatic carbocycles. The fourth-order valence-corrected chi connectivity index (χ4v) is 3.33. The highest BCUT2D eigenvalue weighted by molar-refractivity contribution is 9.10. The molecule has 2 unspecified atom stereocenters. The van der Waals surface area contributed by atoms with Crippen molar-refractivity contribution in [2.24, 2.45) is 0 Å². The molecule has 2 atom stereocenters. The normalized spacial score (nSPS) is 18.1. The summed E-state index contributed by atoms with van der Waals surface area (Å²) in [6.07, 6.45) is 1.09. The maximum absolute atomic E-state index is 13.1. The summed E-state index contributed by atoms with van der Waals surface area (Å²) >= 11 is 3.41. The Bertz CT molecular complexity index is 621. The molecule has 2 aromatic rings. The van der Waals surface area contributed by atoms with Crippen molar-refractivity contribution >= 4 is 15.9 Å². The van der Waals surface area contributed by atoms with Crippen molar-refractivity contribution in [2.45, 2.75) is 25.5 Å². The fourth-order valence-electron chi connectivity index (χ4n) is 2.64. The van der Waals surface area contributed by atoms with Gasteiger partial charge in [0.2, 0.25) is 0 Å². The Kier molecular flexibility index (Phi) is 4.27. The van der Waals surface area contributed by atoms with E-state index in [9.17, 15) is 4.39 Å². The molecule has 0 aromatic heterocycles. The van der Waals surface area contributed by atoms with Crippen LogP contribution in [-0.2, 0) is 6.42 Å². The lowest BCUT2D eigenvalue weighted by Gasteiger charge is -2.19. The van der Waals surface area contributed by atoms with Gasteiger partial charge in [-0.25, -0.2) is 4.39 Å². The van der Waals surface area contributed by atoms with E-state index in [1.807, 2.05) is 18.2 Å². The van der Waals surface area contributed by atoms with E-state index in [-0.39, 0.29) is 18.0 Å². The van der Waals surface area contributed by atoms with Gasteiger partial charge in [0.05, 0.1) is 0 Å². The number of benzene rings is 2. The number of ether oxygens (including phenoxy) is 1. The zero-order valence-corrected chi connectivity index (χ0v) is 13.4. The van der Waals surface area contributed by atoms with Gasteiger partial charge in [-0.1, -0.05) is 40.2 Å². The molecule has 1 N–H and O–H groups in total. The first-order chi connectivity index (χ1) is 10.1. The molecule has 0 saturated carbocycles. The van der Waals surface area contributed by atoms with Crippen molar-refractivity contribution in [1.29, 1.82) is 0 Å². The Morgan fingerprint density at radius 3 is 2.90 bits per heavy atom. The van der Waals surface area contributed by atoms with Gasteiger partial charge in [0.25, 0.3) is 0 Å². The molecule has 21 heavy (non-hydrogen) atoms. The minimum Gasteiger partial charge on any atom is -0.488 e. The number of para-hydroxylation sites is 1. The third-order valence-electron chi connectivity index (χ3n) is 3.79. The van der Waals surface area contributed by atoms with Crippen LogP contribution in [0.15, 0.2) is 46.9 Å². The SMILES string of the molecule is CC(NCC1Cc2ccccc2O1)c1ccc(F)cc1Br. The maximum atomic E-state index is 13.1. The lowest BCUT2D eigenvalue weighted by Crippen LogP contribution is -2.32. The zero-order valence-electron chi connectivity index (χ0n) is 11.8. The summed E-state index contributed by atoms with van der Waals surface area (Å²) in [7, 11) is 0. The molecule has 0 radical (unpaired) electrons. The Hall–Kier alpha value is -1.39. The summed E-state index contributed by atoms with van der Waals surface area (Å²) in [5.74, 6) is 0.757. The molecule has 2 nitrogen and oxygen atoms in total. The molecule has 4 heteroatoms. The first-order valence-corrected chi connectivity index (χ1v) is 7.85. The van der Waals surface area contributed by atoms with E-state index in [0.29, 0.717) is 0 Å².